The molecule has 0 atom stereocenters. The number of benzene rings is 2. The first kappa shape index (κ1) is 27.3. The Hall–Kier alpha value is -4.78. The Bertz CT molecular complexity index is 1580. The lowest BCUT2D eigenvalue weighted by atomic mass is 9.97. The van der Waals surface area contributed by atoms with E-state index in [9.17, 15) is 19.2 Å². The van der Waals surface area contributed by atoms with Crippen LogP contribution in [0.5, 0.6) is 0 Å². The molecule has 0 saturated heterocycles. The molecule has 9 nitrogen and oxygen atoms in total. The summed E-state index contributed by atoms with van der Waals surface area (Å²) in [5.74, 6) is -0.324. The first-order valence-electron chi connectivity index (χ1n) is 12.2. The molecule has 10 heteroatoms. The number of aromatic nitrogens is 3. The number of carbonyl (C=O) groups excluding carboxylic acids is 2. The molecule has 4 rings (SSSR count). The summed E-state index contributed by atoms with van der Waals surface area (Å²) in [6.45, 7) is 10.1. The summed E-state index contributed by atoms with van der Waals surface area (Å²) < 4.78 is 27.3. The molecular weight excluding hydrogens is 501 g/mol. The zero-order chi connectivity index (χ0) is 28.5. The summed E-state index contributed by atoms with van der Waals surface area (Å²) in [6, 6.07) is 14.9. The molecule has 0 aliphatic rings. The topological polar surface area (TPSA) is 110 Å². The van der Waals surface area contributed by atoms with Crippen LogP contribution in [0, 0.1) is 17.1 Å². The van der Waals surface area contributed by atoms with Gasteiger partial charge in [0.1, 0.15) is 17.0 Å². The molecule has 2 amide bonds. The van der Waals surface area contributed by atoms with Crippen LogP contribution in [0.2, 0.25) is 0 Å². The Morgan fingerprint density at radius 1 is 0.949 bits per heavy atom. The van der Waals surface area contributed by atoms with Crippen molar-refractivity contribution in [2.45, 2.75) is 52.7 Å². The number of hydrogen-bond donors (Lipinski definition) is 0. The lowest BCUT2D eigenvalue weighted by molar-refractivity contribution is 0.0429. The van der Waals surface area contributed by atoms with Gasteiger partial charge in [-0.25, -0.2) is 19.0 Å². The number of imide groups is 1. The molecule has 4 aromatic rings. The molecule has 0 aliphatic heterocycles. The highest BCUT2D eigenvalue weighted by molar-refractivity contribution is 6.08. The maximum Gasteiger partial charge on any atom is 0.425 e. The predicted molar refractivity (Wildman–Crippen MR) is 143 cm³/mol. The second-order valence-electron chi connectivity index (χ2n) is 10.7. The van der Waals surface area contributed by atoms with Crippen molar-refractivity contribution < 1.29 is 23.5 Å². The van der Waals surface area contributed by atoms with Gasteiger partial charge >= 0.3 is 12.2 Å². The number of imidazole rings is 1. The Balaban J connectivity index is 1.77. The number of anilines is 1. The summed E-state index contributed by atoms with van der Waals surface area (Å²) in [7, 11) is 0. The Morgan fingerprint density at radius 3 is 2.21 bits per heavy atom. The van der Waals surface area contributed by atoms with Crippen LogP contribution in [0.15, 0.2) is 60.9 Å². The number of fused-ring (bicyclic) bond motifs is 1. The van der Waals surface area contributed by atoms with Gasteiger partial charge in [0.2, 0.25) is 5.78 Å². The average molecular weight is 530 g/mol. The van der Waals surface area contributed by atoms with Gasteiger partial charge < -0.3 is 9.47 Å². The Labute approximate surface area is 225 Å². The summed E-state index contributed by atoms with van der Waals surface area (Å²) in [5.41, 5.74) is 0.559. The van der Waals surface area contributed by atoms with Crippen molar-refractivity contribution in [1.82, 2.24) is 14.4 Å². The molecule has 0 fully saturated rings. The fourth-order valence-corrected chi connectivity index (χ4v) is 3.78. The van der Waals surface area contributed by atoms with Gasteiger partial charge in [-0.15, -0.1) is 0 Å². The van der Waals surface area contributed by atoms with E-state index in [1.165, 1.54) is 12.1 Å². The van der Waals surface area contributed by atoms with E-state index in [4.69, 9.17) is 9.47 Å². The monoisotopic (exact) mass is 529 g/mol. The normalized spacial score (nSPS) is 11.6. The lowest BCUT2D eigenvalue weighted by Crippen LogP contribution is -2.44. The Morgan fingerprint density at radius 2 is 1.59 bits per heavy atom. The predicted octanol–water partition coefficient (Wildman–Crippen LogP) is 6.75. The number of ether oxygens (including phenoxy) is 2. The van der Waals surface area contributed by atoms with Gasteiger partial charge in [0.05, 0.1) is 23.5 Å². The van der Waals surface area contributed by atoms with Crippen LogP contribution in [-0.2, 0) is 9.47 Å². The van der Waals surface area contributed by atoms with Crippen molar-refractivity contribution in [1.29, 1.82) is 5.26 Å². The van der Waals surface area contributed by atoms with Gasteiger partial charge in [-0.2, -0.15) is 15.1 Å². The molecule has 0 N–H and O–H groups in total. The van der Waals surface area contributed by atoms with Gasteiger partial charge in [-0.1, -0.05) is 18.2 Å². The van der Waals surface area contributed by atoms with E-state index >= 15 is 0 Å². The zero-order valence-corrected chi connectivity index (χ0v) is 22.5. The minimum atomic E-state index is -0.945. The average Bonchev–Trinajstić information content (AvgIpc) is 3.25. The molecule has 0 spiro atoms. The van der Waals surface area contributed by atoms with Crippen LogP contribution in [0.3, 0.4) is 0 Å². The van der Waals surface area contributed by atoms with Crippen molar-refractivity contribution in [3.05, 3.63) is 72.3 Å². The van der Waals surface area contributed by atoms with Crippen molar-refractivity contribution in [2.75, 3.05) is 4.90 Å². The van der Waals surface area contributed by atoms with Crippen LogP contribution < -0.4 is 4.90 Å². The molecule has 2 aromatic carbocycles. The maximum absolute atomic E-state index is 14.8. The highest BCUT2D eigenvalue weighted by Crippen LogP contribution is 2.31. The van der Waals surface area contributed by atoms with E-state index in [1.54, 1.807) is 94.7 Å². The third-order valence-corrected chi connectivity index (χ3v) is 5.35. The van der Waals surface area contributed by atoms with Crippen molar-refractivity contribution in [3.63, 3.8) is 0 Å². The first-order valence-corrected chi connectivity index (χ1v) is 12.2. The van der Waals surface area contributed by atoms with Crippen molar-refractivity contribution in [2.24, 2.45) is 0 Å². The maximum atomic E-state index is 14.8. The number of nitriles is 1. The van der Waals surface area contributed by atoms with Gasteiger partial charge in [0.25, 0.3) is 0 Å². The lowest BCUT2D eigenvalue weighted by Gasteiger charge is -2.28. The molecule has 0 aliphatic carbocycles. The smallest absolute Gasteiger partial charge is 0.425 e. The van der Waals surface area contributed by atoms with E-state index in [1.807, 2.05) is 0 Å². The van der Waals surface area contributed by atoms with E-state index in [0.717, 1.165) is 4.90 Å². The molecule has 0 unspecified atom stereocenters. The van der Waals surface area contributed by atoms with Crippen molar-refractivity contribution >= 4 is 23.8 Å². The van der Waals surface area contributed by atoms with E-state index in [2.05, 4.69) is 16.0 Å². The molecule has 200 valence electrons. The van der Waals surface area contributed by atoms with Crippen LogP contribution in [0.1, 0.15) is 47.1 Å². The van der Waals surface area contributed by atoms with Crippen LogP contribution in [-0.4, -0.2) is 37.8 Å². The fraction of sp³-hybridized carbons (Fsp3) is 0.276. The zero-order valence-electron chi connectivity index (χ0n) is 22.5. The van der Waals surface area contributed by atoms with Crippen LogP contribution >= 0.6 is 0 Å². The highest BCUT2D eigenvalue weighted by atomic mass is 19.1. The van der Waals surface area contributed by atoms with Gasteiger partial charge in [-0.3, -0.25) is 4.40 Å². The largest absolute Gasteiger partial charge is 0.443 e. The summed E-state index contributed by atoms with van der Waals surface area (Å²) in [5, 5.41) is 9.47. The van der Waals surface area contributed by atoms with Gasteiger partial charge in [0.15, 0.2) is 5.82 Å². The second kappa shape index (κ2) is 10.2. The number of rotatable bonds is 3. The number of halogens is 1. The molecule has 2 aromatic heterocycles. The quantitative estimate of drug-likeness (QED) is 0.289. The fourth-order valence-electron chi connectivity index (χ4n) is 3.78. The highest BCUT2D eigenvalue weighted by Gasteiger charge is 2.34. The van der Waals surface area contributed by atoms with E-state index in [0.29, 0.717) is 22.4 Å². The number of carbonyl (C=O) groups is 2. The number of hydrogen-bond acceptors (Lipinski definition) is 7. The summed E-state index contributed by atoms with van der Waals surface area (Å²) in [4.78, 5) is 35.4. The van der Waals surface area contributed by atoms with Crippen LogP contribution in [0.25, 0.3) is 28.2 Å². The standard InChI is InChI=1S/C29H28FN5O4/c1-28(2,3)38-26(36)35(27(37)39-29(4,5)6)24-13-14-34-23(17-32-25(34)33-24)18-11-12-22(30)21(15-18)20-10-8-7-9-19(20)16-31/h7-15,17H,1-6H3. The third-order valence-electron chi connectivity index (χ3n) is 5.35. The minimum Gasteiger partial charge on any atom is -0.443 e. The molecule has 0 radical (unpaired) electrons. The SMILES string of the molecule is CC(C)(C)OC(=O)N(C(=O)OC(C)(C)C)c1ccn2c(-c3ccc(F)c(-c4ccccc4C#N)c3)cnc2n1. The van der Waals surface area contributed by atoms with Gasteiger partial charge in [-0.05, 0) is 71.9 Å². The summed E-state index contributed by atoms with van der Waals surface area (Å²) >= 11 is 0. The molecule has 2 heterocycles. The minimum absolute atomic E-state index is 0.0362. The molecule has 0 saturated carbocycles. The van der Waals surface area contributed by atoms with E-state index < -0.39 is 29.2 Å². The van der Waals surface area contributed by atoms with E-state index in [-0.39, 0.29) is 17.2 Å². The molecule has 39 heavy (non-hydrogen) atoms. The first-order chi connectivity index (χ1) is 18.3. The number of amides is 2. The Kier molecular flexibility index (Phi) is 7.11. The number of nitrogens with zero attached hydrogens (tertiary/aromatic N) is 5. The third kappa shape index (κ3) is 6.04. The van der Waals surface area contributed by atoms with Crippen molar-refractivity contribution in [3.8, 4) is 28.5 Å². The summed E-state index contributed by atoms with van der Waals surface area (Å²) in [6.07, 6.45) is 1.25. The molecule has 0 bridgehead atoms. The molecular formula is C29H28FN5O4. The second-order valence-corrected chi connectivity index (χ2v) is 10.7. The van der Waals surface area contributed by atoms with Crippen LogP contribution in [0.4, 0.5) is 19.8 Å². The van der Waals surface area contributed by atoms with Gasteiger partial charge in [0, 0.05) is 22.9 Å².